The third-order valence-electron chi connectivity index (χ3n) is 3.85. The number of benzene rings is 1. The Morgan fingerprint density at radius 1 is 1.33 bits per heavy atom. The van der Waals surface area contributed by atoms with Crippen LogP contribution in [0.15, 0.2) is 35.3 Å². The van der Waals surface area contributed by atoms with Gasteiger partial charge in [-0.15, -0.1) is 0 Å². The van der Waals surface area contributed by atoms with E-state index in [0.717, 1.165) is 5.56 Å². The van der Waals surface area contributed by atoms with Crippen LogP contribution < -0.4 is 0 Å². The second kappa shape index (κ2) is 3.58. The van der Waals surface area contributed by atoms with Crippen molar-refractivity contribution in [3.63, 3.8) is 0 Å². The highest BCUT2D eigenvalue weighted by molar-refractivity contribution is 5.92. The lowest BCUT2D eigenvalue weighted by Crippen LogP contribution is -2.25. The Kier molecular flexibility index (Phi) is 2.10. The quantitative estimate of drug-likeness (QED) is 0.748. The minimum absolute atomic E-state index is 0.181. The van der Waals surface area contributed by atoms with E-state index in [0.29, 0.717) is 12.5 Å². The molecule has 0 amide bonds. The molecule has 0 aromatic heterocycles. The molecule has 2 aliphatic heterocycles. The van der Waals surface area contributed by atoms with Gasteiger partial charge in [0.05, 0.1) is 12.9 Å². The van der Waals surface area contributed by atoms with Crippen LogP contribution in [0.5, 0.6) is 0 Å². The zero-order valence-corrected chi connectivity index (χ0v) is 11.4. The Balaban J connectivity index is 2.00. The van der Waals surface area contributed by atoms with Crippen molar-refractivity contribution in [3.05, 3.63) is 35.9 Å². The highest BCUT2D eigenvalue weighted by Gasteiger charge is 2.63. The number of hydrogen-bond donors (Lipinski definition) is 0. The van der Waals surface area contributed by atoms with Crippen molar-refractivity contribution in [1.29, 1.82) is 0 Å². The van der Waals surface area contributed by atoms with Crippen LogP contribution in [-0.4, -0.2) is 35.5 Å². The van der Waals surface area contributed by atoms with E-state index < -0.39 is 11.6 Å². The molecule has 1 fully saturated rings. The maximum atomic E-state index is 8.80. The number of likely N-dealkylation sites (N-methyl/N-ethyl adjacent to an activating group) is 1. The van der Waals surface area contributed by atoms with Crippen LogP contribution in [-0.2, 0) is 4.74 Å². The molecule has 3 rings (SSSR count). The first-order valence-electron chi connectivity index (χ1n) is 6.85. The van der Waals surface area contributed by atoms with Gasteiger partial charge in [-0.25, -0.2) is 4.99 Å². The third kappa shape index (κ3) is 1.57. The summed E-state index contributed by atoms with van der Waals surface area (Å²) in [5.74, 6) is 0.693. The molecule has 3 atom stereocenters. The Morgan fingerprint density at radius 2 is 2.00 bits per heavy atom. The van der Waals surface area contributed by atoms with Gasteiger partial charge in [0.1, 0.15) is 12.1 Å². The van der Waals surface area contributed by atoms with Crippen molar-refractivity contribution < 1.29 is 6.11 Å². The Labute approximate surface area is 110 Å². The number of ether oxygens (including phenoxy) is 1. The fraction of sp³-hybridized carbons (Fsp3) is 0.533. The molecule has 3 heteroatoms. The van der Waals surface area contributed by atoms with Gasteiger partial charge in [0.25, 0.3) is 0 Å². The van der Waals surface area contributed by atoms with Crippen LogP contribution in [0.2, 0.25) is 0 Å². The van der Waals surface area contributed by atoms with Gasteiger partial charge < -0.3 is 4.74 Å². The zero-order valence-electron chi connectivity index (χ0n) is 12.4. The lowest BCUT2D eigenvalue weighted by Gasteiger charge is -2.09. The molecule has 0 bridgehead atoms. The van der Waals surface area contributed by atoms with E-state index >= 15 is 0 Å². The van der Waals surface area contributed by atoms with Crippen LogP contribution >= 0.6 is 0 Å². The van der Waals surface area contributed by atoms with Crippen LogP contribution in [0, 0.1) is 0 Å². The summed E-state index contributed by atoms with van der Waals surface area (Å²) in [5.41, 5.74) is 0.331. The molecule has 1 aromatic rings. The average Bonchev–Trinajstić information content (AvgIpc) is 2.71. The van der Waals surface area contributed by atoms with Crippen molar-refractivity contribution in [3.8, 4) is 0 Å². The van der Waals surface area contributed by atoms with Gasteiger partial charge in [0.15, 0.2) is 0 Å². The fourth-order valence-electron chi connectivity index (χ4n) is 2.62. The van der Waals surface area contributed by atoms with E-state index in [9.17, 15) is 0 Å². The molecule has 3 nitrogen and oxygen atoms in total. The van der Waals surface area contributed by atoms with E-state index in [1.165, 1.54) is 0 Å². The lowest BCUT2D eigenvalue weighted by molar-refractivity contribution is 0.265. The zero-order chi connectivity index (χ0) is 13.9. The van der Waals surface area contributed by atoms with Gasteiger partial charge in [-0.1, -0.05) is 30.3 Å². The first kappa shape index (κ1) is 10.6. The van der Waals surface area contributed by atoms with Gasteiger partial charge in [-0.2, -0.15) is 0 Å². The predicted molar refractivity (Wildman–Crippen MR) is 72.8 cm³/mol. The summed E-state index contributed by atoms with van der Waals surface area (Å²) in [5, 5.41) is 0. The molecule has 0 aliphatic carbocycles. The smallest absolute Gasteiger partial charge is 0.206 e. The molecule has 2 aliphatic rings. The van der Waals surface area contributed by atoms with Crippen molar-refractivity contribution in [2.75, 3.05) is 13.7 Å². The number of rotatable bonds is 2. The van der Waals surface area contributed by atoms with Crippen molar-refractivity contribution in [1.82, 2.24) is 4.90 Å². The number of nitrogens with zero attached hydrogens (tertiary/aromatic N) is 2. The van der Waals surface area contributed by atoms with Gasteiger partial charge in [-0.3, -0.25) is 4.90 Å². The van der Waals surface area contributed by atoms with Crippen molar-refractivity contribution >= 4 is 5.90 Å². The summed E-state index contributed by atoms with van der Waals surface area (Å²) in [4.78, 5) is 6.67. The van der Waals surface area contributed by atoms with Gasteiger partial charge in [0.2, 0.25) is 5.90 Å². The molecule has 1 saturated heterocycles. The standard InChI is InChI=1S/C15H20N2O/c1-14(2)10-18-13(16-14)15(3)12(17(15)4)11-8-6-5-7-9-11/h5-9,12H,10H2,1-4H3/t12-,15+,17?/m0/s1/i12D. The average molecular weight is 245 g/mol. The first-order chi connectivity index (χ1) is 8.82. The summed E-state index contributed by atoms with van der Waals surface area (Å²) in [7, 11) is 1.96. The lowest BCUT2D eigenvalue weighted by atomic mass is 10.0. The third-order valence-corrected chi connectivity index (χ3v) is 3.85. The van der Waals surface area contributed by atoms with E-state index in [1.54, 1.807) is 0 Å². The van der Waals surface area contributed by atoms with E-state index in [-0.39, 0.29) is 5.54 Å². The molecule has 0 radical (unpaired) electrons. The van der Waals surface area contributed by atoms with E-state index in [2.05, 4.69) is 18.8 Å². The fourth-order valence-corrected chi connectivity index (χ4v) is 2.62. The summed E-state index contributed by atoms with van der Waals surface area (Å²) in [6.45, 7) is 6.74. The molecular formula is C15H20N2O. The summed E-state index contributed by atoms with van der Waals surface area (Å²) in [6, 6.07) is 9.12. The molecule has 0 N–H and O–H groups in total. The molecule has 18 heavy (non-hydrogen) atoms. The molecule has 2 heterocycles. The van der Waals surface area contributed by atoms with Crippen molar-refractivity contribution in [2.24, 2.45) is 4.99 Å². The number of aliphatic imine (C=N–C) groups is 1. The summed E-state index contributed by atoms with van der Waals surface area (Å²) in [6.07, 6.45) is 0. The second-order valence-corrected chi connectivity index (χ2v) is 5.86. The molecular weight excluding hydrogens is 224 g/mol. The Hall–Kier alpha value is -1.35. The van der Waals surface area contributed by atoms with Gasteiger partial charge >= 0.3 is 0 Å². The predicted octanol–water partition coefficient (Wildman–Crippen LogP) is 2.64. The maximum absolute atomic E-state index is 8.80. The molecule has 96 valence electrons. The highest BCUT2D eigenvalue weighted by Crippen LogP contribution is 2.53. The van der Waals surface area contributed by atoms with Crippen LogP contribution in [0.25, 0.3) is 0 Å². The molecule has 1 aromatic carbocycles. The van der Waals surface area contributed by atoms with E-state index in [4.69, 9.17) is 6.11 Å². The number of hydrogen-bond acceptors (Lipinski definition) is 3. The SMILES string of the molecule is [2H][C@@]1(c2ccccc2)N(C)[C@@]1(C)C1=NC(C)(C)CO1. The minimum atomic E-state index is -0.784. The summed E-state index contributed by atoms with van der Waals surface area (Å²) < 4.78 is 14.6. The minimum Gasteiger partial charge on any atom is -0.477 e. The first-order valence-corrected chi connectivity index (χ1v) is 6.35. The molecule has 1 unspecified atom stereocenters. The van der Waals surface area contributed by atoms with Crippen LogP contribution in [0.1, 0.15) is 33.7 Å². The monoisotopic (exact) mass is 245 g/mol. The second-order valence-electron chi connectivity index (χ2n) is 5.86. The topological polar surface area (TPSA) is 24.6 Å². The van der Waals surface area contributed by atoms with Crippen LogP contribution in [0.4, 0.5) is 0 Å². The van der Waals surface area contributed by atoms with Crippen molar-refractivity contribution in [2.45, 2.75) is 37.9 Å². The molecule has 0 saturated carbocycles. The summed E-state index contributed by atoms with van der Waals surface area (Å²) >= 11 is 0. The largest absolute Gasteiger partial charge is 0.477 e. The Morgan fingerprint density at radius 3 is 2.56 bits per heavy atom. The Bertz CT molecular complexity index is 542. The maximum Gasteiger partial charge on any atom is 0.206 e. The van der Waals surface area contributed by atoms with Crippen LogP contribution in [0.3, 0.4) is 0 Å². The normalized spacial score (nSPS) is 41.9. The van der Waals surface area contributed by atoms with Gasteiger partial charge in [-0.05, 0) is 33.4 Å². The van der Waals surface area contributed by atoms with Gasteiger partial charge in [0, 0.05) is 0 Å². The highest BCUT2D eigenvalue weighted by atomic mass is 16.5. The van der Waals surface area contributed by atoms with E-state index in [1.807, 2.05) is 49.2 Å². The molecule has 0 spiro atoms.